The van der Waals surface area contributed by atoms with E-state index in [1.165, 1.54) is 53.0 Å². The first-order valence-corrected chi connectivity index (χ1v) is 9.27. The fourth-order valence-corrected chi connectivity index (χ4v) is 4.75. The summed E-state index contributed by atoms with van der Waals surface area (Å²) < 4.78 is 0. The van der Waals surface area contributed by atoms with E-state index in [0.717, 1.165) is 5.92 Å². The summed E-state index contributed by atoms with van der Waals surface area (Å²) in [5.41, 5.74) is 2.90. The molecule has 1 aromatic heterocycles. The molecule has 0 aliphatic heterocycles. The van der Waals surface area contributed by atoms with E-state index in [9.17, 15) is 0 Å². The molecule has 0 saturated heterocycles. The van der Waals surface area contributed by atoms with E-state index < -0.39 is 0 Å². The van der Waals surface area contributed by atoms with Gasteiger partial charge in [-0.1, -0.05) is 59.5 Å². The van der Waals surface area contributed by atoms with Crippen molar-refractivity contribution >= 4 is 27.3 Å². The molecule has 1 aromatic carbocycles. The Morgan fingerprint density at radius 2 is 1.70 bits per heavy atom. The summed E-state index contributed by atoms with van der Waals surface area (Å²) in [7, 11) is 0. The molecular formula is C18H21BrS. The van der Waals surface area contributed by atoms with Crippen LogP contribution in [-0.4, -0.2) is 0 Å². The summed E-state index contributed by atoms with van der Waals surface area (Å²) in [6.45, 7) is 2.17. The average Bonchev–Trinajstić information content (AvgIpc) is 2.94. The van der Waals surface area contributed by atoms with E-state index in [-0.39, 0.29) is 0 Å². The highest BCUT2D eigenvalue weighted by molar-refractivity contribution is 9.09. The van der Waals surface area contributed by atoms with E-state index in [0.29, 0.717) is 4.83 Å². The number of aryl methyl sites for hydroxylation is 1. The third-order valence-electron chi connectivity index (χ3n) is 4.32. The topological polar surface area (TPSA) is 0 Å². The third-order valence-corrected chi connectivity index (χ3v) is 6.71. The smallest absolute Gasteiger partial charge is 0.0738 e. The van der Waals surface area contributed by atoms with Crippen LogP contribution in [0.1, 0.15) is 63.7 Å². The monoisotopic (exact) mass is 348 g/mol. The summed E-state index contributed by atoms with van der Waals surface area (Å²) in [4.78, 5) is 3.11. The number of rotatable bonds is 3. The van der Waals surface area contributed by atoms with Gasteiger partial charge in [0.1, 0.15) is 0 Å². The molecule has 1 unspecified atom stereocenters. The van der Waals surface area contributed by atoms with Gasteiger partial charge >= 0.3 is 0 Å². The van der Waals surface area contributed by atoms with Crippen molar-refractivity contribution in [2.24, 2.45) is 0 Å². The van der Waals surface area contributed by atoms with Gasteiger partial charge in [-0.3, -0.25) is 0 Å². The Kier molecular flexibility index (Phi) is 4.62. The van der Waals surface area contributed by atoms with Crippen molar-refractivity contribution in [2.45, 2.75) is 49.8 Å². The van der Waals surface area contributed by atoms with E-state index in [4.69, 9.17) is 0 Å². The second kappa shape index (κ2) is 6.44. The van der Waals surface area contributed by atoms with Gasteiger partial charge in [0, 0.05) is 9.75 Å². The van der Waals surface area contributed by atoms with E-state index >= 15 is 0 Å². The summed E-state index contributed by atoms with van der Waals surface area (Å²) in [5.74, 6) is 0.801. The predicted molar refractivity (Wildman–Crippen MR) is 92.1 cm³/mol. The Morgan fingerprint density at radius 1 is 1.00 bits per heavy atom. The highest BCUT2D eigenvalue weighted by atomic mass is 79.9. The van der Waals surface area contributed by atoms with Crippen LogP contribution in [0.4, 0.5) is 0 Å². The molecule has 2 aromatic rings. The highest BCUT2D eigenvalue weighted by Gasteiger charge is 2.17. The van der Waals surface area contributed by atoms with Gasteiger partial charge in [0.25, 0.3) is 0 Å². The molecule has 1 fully saturated rings. The number of halogens is 1. The summed E-state index contributed by atoms with van der Waals surface area (Å²) in [5, 5.41) is 0. The lowest BCUT2D eigenvalue weighted by Gasteiger charge is -2.22. The van der Waals surface area contributed by atoms with Crippen LogP contribution in [0.25, 0.3) is 0 Å². The maximum atomic E-state index is 3.84. The Hall–Kier alpha value is -0.600. The van der Waals surface area contributed by atoms with Gasteiger partial charge in [-0.2, -0.15) is 0 Å². The molecule has 1 atom stereocenters. The number of benzene rings is 1. The minimum absolute atomic E-state index is 0.335. The van der Waals surface area contributed by atoms with Crippen molar-refractivity contribution in [2.75, 3.05) is 0 Å². The van der Waals surface area contributed by atoms with Crippen molar-refractivity contribution in [3.63, 3.8) is 0 Å². The largest absolute Gasteiger partial charge is 0.144 e. The standard InChI is InChI=1S/C18H21BrS/c1-13-7-12-17(20-13)18(19)16-10-8-15(9-11-16)14-5-3-2-4-6-14/h7-12,14,18H,2-6H2,1H3. The molecule has 20 heavy (non-hydrogen) atoms. The first kappa shape index (κ1) is 14.3. The third kappa shape index (κ3) is 3.17. The van der Waals surface area contributed by atoms with Crippen molar-refractivity contribution in [1.82, 2.24) is 0 Å². The van der Waals surface area contributed by atoms with E-state index in [1.807, 2.05) is 11.3 Å². The SMILES string of the molecule is Cc1ccc(C(Br)c2ccc(C3CCCCC3)cc2)s1. The quantitative estimate of drug-likeness (QED) is 0.549. The molecule has 0 radical (unpaired) electrons. The van der Waals surface area contributed by atoms with Crippen molar-refractivity contribution in [3.8, 4) is 0 Å². The average molecular weight is 349 g/mol. The zero-order chi connectivity index (χ0) is 13.9. The Labute approximate surface area is 134 Å². The van der Waals surface area contributed by atoms with Crippen LogP contribution < -0.4 is 0 Å². The first-order valence-electron chi connectivity index (χ1n) is 7.54. The Morgan fingerprint density at radius 3 is 2.30 bits per heavy atom. The summed E-state index contributed by atoms with van der Waals surface area (Å²) in [6.07, 6.45) is 6.99. The summed E-state index contributed by atoms with van der Waals surface area (Å²) in [6, 6.07) is 13.7. The molecule has 0 spiro atoms. The normalized spacial score (nSPS) is 18.1. The lowest BCUT2D eigenvalue weighted by atomic mass is 9.84. The molecule has 1 saturated carbocycles. The number of thiophene rings is 1. The van der Waals surface area contributed by atoms with E-state index in [2.05, 4.69) is 59.3 Å². The Balaban J connectivity index is 1.75. The molecule has 106 valence electrons. The van der Waals surface area contributed by atoms with Crippen LogP contribution in [0, 0.1) is 6.92 Å². The molecule has 3 rings (SSSR count). The molecule has 0 nitrogen and oxygen atoms in total. The second-order valence-corrected chi connectivity index (χ2v) is 8.05. The number of hydrogen-bond acceptors (Lipinski definition) is 1. The van der Waals surface area contributed by atoms with Gasteiger partial charge in [0.15, 0.2) is 0 Å². The first-order chi connectivity index (χ1) is 9.74. The molecule has 1 heterocycles. The predicted octanol–water partition coefficient (Wildman–Crippen LogP) is 6.59. The van der Waals surface area contributed by atoms with Crippen LogP contribution in [0.5, 0.6) is 0 Å². The Bertz CT molecular complexity index is 549. The van der Waals surface area contributed by atoms with Crippen LogP contribution in [-0.2, 0) is 0 Å². The number of hydrogen-bond donors (Lipinski definition) is 0. The maximum absolute atomic E-state index is 3.84. The van der Waals surface area contributed by atoms with Crippen LogP contribution in [0.15, 0.2) is 36.4 Å². The van der Waals surface area contributed by atoms with Crippen molar-refractivity contribution in [1.29, 1.82) is 0 Å². The van der Waals surface area contributed by atoms with Crippen LogP contribution in [0.2, 0.25) is 0 Å². The minimum atomic E-state index is 0.335. The van der Waals surface area contributed by atoms with Gasteiger partial charge in [0.05, 0.1) is 4.83 Å². The molecule has 1 aliphatic rings. The molecule has 0 amide bonds. The lowest BCUT2D eigenvalue weighted by molar-refractivity contribution is 0.443. The zero-order valence-electron chi connectivity index (χ0n) is 11.9. The fraction of sp³-hybridized carbons (Fsp3) is 0.444. The molecule has 0 bridgehead atoms. The van der Waals surface area contributed by atoms with Crippen LogP contribution in [0.3, 0.4) is 0 Å². The van der Waals surface area contributed by atoms with Crippen molar-refractivity contribution in [3.05, 3.63) is 57.3 Å². The van der Waals surface area contributed by atoms with Crippen LogP contribution >= 0.6 is 27.3 Å². The maximum Gasteiger partial charge on any atom is 0.0738 e. The zero-order valence-corrected chi connectivity index (χ0v) is 14.3. The van der Waals surface area contributed by atoms with Gasteiger partial charge in [-0.05, 0) is 48.9 Å². The van der Waals surface area contributed by atoms with Gasteiger partial charge < -0.3 is 0 Å². The fourth-order valence-electron chi connectivity index (χ4n) is 3.13. The second-order valence-electron chi connectivity index (χ2n) is 5.81. The van der Waals surface area contributed by atoms with Gasteiger partial charge in [0.2, 0.25) is 0 Å². The molecular weight excluding hydrogens is 328 g/mol. The molecule has 1 aliphatic carbocycles. The minimum Gasteiger partial charge on any atom is -0.144 e. The highest BCUT2D eigenvalue weighted by Crippen LogP contribution is 2.37. The molecule has 0 N–H and O–H groups in total. The van der Waals surface area contributed by atoms with Crippen molar-refractivity contribution < 1.29 is 0 Å². The number of alkyl halides is 1. The van der Waals surface area contributed by atoms with E-state index in [1.54, 1.807) is 0 Å². The van der Waals surface area contributed by atoms with Gasteiger partial charge in [-0.15, -0.1) is 11.3 Å². The summed E-state index contributed by atoms with van der Waals surface area (Å²) >= 11 is 5.71. The van der Waals surface area contributed by atoms with Gasteiger partial charge in [-0.25, -0.2) is 0 Å². The molecule has 2 heteroatoms. The lowest BCUT2D eigenvalue weighted by Crippen LogP contribution is -2.04.